The molecular formula is C10H19NS. The lowest BCUT2D eigenvalue weighted by molar-refractivity contribution is 0.337. The Hall–Kier alpha value is -0.370. The van der Waals surface area contributed by atoms with Gasteiger partial charge in [-0.05, 0) is 20.3 Å². The van der Waals surface area contributed by atoms with E-state index in [4.69, 9.17) is 0 Å². The van der Waals surface area contributed by atoms with Crippen LogP contribution in [0.25, 0.3) is 0 Å². The van der Waals surface area contributed by atoms with Crippen molar-refractivity contribution < 1.29 is 0 Å². The summed E-state index contributed by atoms with van der Waals surface area (Å²) in [7, 11) is 2.04. The predicted octanol–water partition coefficient (Wildman–Crippen LogP) is 2.71. The summed E-state index contributed by atoms with van der Waals surface area (Å²) in [6, 6.07) is 0.483. The van der Waals surface area contributed by atoms with E-state index in [2.05, 4.69) is 44.5 Å². The normalized spacial score (nSPS) is 12.8. The molecular weight excluding hydrogens is 166 g/mol. The number of nitrogens with zero attached hydrogens (tertiary/aromatic N) is 1. The van der Waals surface area contributed by atoms with Crippen LogP contribution in [-0.4, -0.2) is 23.2 Å². The van der Waals surface area contributed by atoms with Gasteiger partial charge in [0.25, 0.3) is 0 Å². The molecule has 0 aromatic heterocycles. The van der Waals surface area contributed by atoms with Crippen LogP contribution in [0.5, 0.6) is 0 Å². The van der Waals surface area contributed by atoms with Crippen molar-refractivity contribution in [3.63, 3.8) is 0 Å². The molecule has 2 heteroatoms. The second-order valence-corrected chi connectivity index (χ2v) is 3.86. The van der Waals surface area contributed by atoms with Crippen molar-refractivity contribution >= 4 is 12.6 Å². The Bertz CT molecular complexity index is 163. The third-order valence-corrected chi connectivity index (χ3v) is 2.51. The van der Waals surface area contributed by atoms with Crippen LogP contribution in [0.4, 0.5) is 0 Å². The molecule has 0 amide bonds. The first-order valence-electron chi connectivity index (χ1n) is 4.21. The third-order valence-electron chi connectivity index (χ3n) is 2.00. The second kappa shape index (κ2) is 5.31. The molecule has 0 saturated heterocycles. The van der Waals surface area contributed by atoms with E-state index in [0.717, 1.165) is 12.1 Å². The predicted molar refractivity (Wildman–Crippen MR) is 59.6 cm³/mol. The van der Waals surface area contributed by atoms with E-state index in [1.54, 1.807) is 0 Å². The molecule has 0 rings (SSSR count). The maximum atomic E-state index is 4.43. The van der Waals surface area contributed by atoms with E-state index in [-0.39, 0.29) is 5.25 Å². The van der Waals surface area contributed by atoms with Crippen LogP contribution < -0.4 is 0 Å². The molecule has 0 aliphatic carbocycles. The van der Waals surface area contributed by atoms with Crippen molar-refractivity contribution in [2.45, 2.75) is 31.6 Å². The summed E-state index contributed by atoms with van der Waals surface area (Å²) in [4.78, 5) is 2.14. The Kier molecular flexibility index (Phi) is 5.14. The molecule has 0 fully saturated rings. The summed E-state index contributed by atoms with van der Waals surface area (Å²) in [6.07, 6.45) is 2.75. The van der Waals surface area contributed by atoms with Crippen LogP contribution in [0.3, 0.4) is 0 Å². The van der Waals surface area contributed by atoms with E-state index in [0.29, 0.717) is 6.04 Å². The highest BCUT2D eigenvalue weighted by Gasteiger charge is 2.12. The highest BCUT2D eigenvalue weighted by Crippen LogP contribution is 2.16. The van der Waals surface area contributed by atoms with E-state index in [1.165, 1.54) is 0 Å². The summed E-state index contributed by atoms with van der Waals surface area (Å²) in [5.74, 6) is 0. The van der Waals surface area contributed by atoms with Crippen molar-refractivity contribution in [1.82, 2.24) is 4.90 Å². The molecule has 0 aliphatic rings. The van der Waals surface area contributed by atoms with Gasteiger partial charge in [0.1, 0.15) is 0 Å². The molecule has 0 bridgehead atoms. The molecule has 0 aliphatic heterocycles. The SMILES string of the molecule is C=CCC(S)C(=C)N(C)C(C)C. The van der Waals surface area contributed by atoms with Gasteiger partial charge in [0, 0.05) is 24.0 Å². The zero-order valence-electron chi connectivity index (χ0n) is 8.25. The average Bonchev–Trinajstić information content (AvgIpc) is 2.02. The summed E-state index contributed by atoms with van der Waals surface area (Å²) >= 11 is 4.43. The second-order valence-electron chi connectivity index (χ2n) is 3.24. The van der Waals surface area contributed by atoms with E-state index in [9.17, 15) is 0 Å². The van der Waals surface area contributed by atoms with Crippen molar-refractivity contribution in [1.29, 1.82) is 0 Å². The van der Waals surface area contributed by atoms with Crippen LogP contribution >= 0.6 is 12.6 Å². The first kappa shape index (κ1) is 11.6. The molecule has 0 N–H and O–H groups in total. The van der Waals surface area contributed by atoms with Gasteiger partial charge in [-0.3, -0.25) is 0 Å². The monoisotopic (exact) mass is 185 g/mol. The summed E-state index contributed by atoms with van der Waals surface area (Å²) in [5, 5.41) is 0.204. The minimum atomic E-state index is 0.204. The lowest BCUT2D eigenvalue weighted by atomic mass is 10.2. The molecule has 1 unspecified atom stereocenters. The van der Waals surface area contributed by atoms with Gasteiger partial charge in [-0.1, -0.05) is 12.7 Å². The standard InChI is InChI=1S/C10H19NS/c1-6-7-10(12)9(4)11(5)8(2)3/h6,8,10,12H,1,4,7H2,2-3,5H3. The minimum Gasteiger partial charge on any atom is -0.375 e. The number of hydrogen-bond donors (Lipinski definition) is 1. The van der Waals surface area contributed by atoms with Crippen molar-refractivity contribution in [3.05, 3.63) is 24.9 Å². The quantitative estimate of drug-likeness (QED) is 0.509. The maximum absolute atomic E-state index is 4.43. The van der Waals surface area contributed by atoms with Crippen molar-refractivity contribution in [3.8, 4) is 0 Å². The Morgan fingerprint density at radius 3 is 2.42 bits per heavy atom. The number of thiol groups is 1. The van der Waals surface area contributed by atoms with Crippen LogP contribution in [-0.2, 0) is 0 Å². The van der Waals surface area contributed by atoms with Crippen LogP contribution in [0.1, 0.15) is 20.3 Å². The van der Waals surface area contributed by atoms with Crippen LogP contribution in [0.2, 0.25) is 0 Å². The first-order chi connectivity index (χ1) is 5.50. The van der Waals surface area contributed by atoms with Gasteiger partial charge < -0.3 is 4.90 Å². The smallest absolute Gasteiger partial charge is 0.0444 e. The highest BCUT2D eigenvalue weighted by atomic mass is 32.1. The highest BCUT2D eigenvalue weighted by molar-refractivity contribution is 7.81. The fourth-order valence-corrected chi connectivity index (χ4v) is 1.19. The van der Waals surface area contributed by atoms with Gasteiger partial charge in [0.05, 0.1) is 0 Å². The maximum Gasteiger partial charge on any atom is 0.0444 e. The Balaban J connectivity index is 4.08. The van der Waals surface area contributed by atoms with E-state index in [1.807, 2.05) is 13.1 Å². The van der Waals surface area contributed by atoms with Crippen molar-refractivity contribution in [2.24, 2.45) is 0 Å². The van der Waals surface area contributed by atoms with Gasteiger partial charge in [-0.25, -0.2) is 0 Å². The van der Waals surface area contributed by atoms with Gasteiger partial charge in [-0.15, -0.1) is 6.58 Å². The molecule has 12 heavy (non-hydrogen) atoms. The minimum absolute atomic E-state index is 0.204. The number of allylic oxidation sites excluding steroid dienone is 1. The molecule has 1 atom stereocenters. The Morgan fingerprint density at radius 1 is 1.58 bits per heavy atom. The molecule has 1 nitrogen and oxygen atoms in total. The zero-order valence-corrected chi connectivity index (χ0v) is 9.14. The lowest BCUT2D eigenvalue weighted by Crippen LogP contribution is -2.29. The summed E-state index contributed by atoms with van der Waals surface area (Å²) in [6.45, 7) is 12.0. The lowest BCUT2D eigenvalue weighted by Gasteiger charge is -2.28. The van der Waals surface area contributed by atoms with Gasteiger partial charge in [0.15, 0.2) is 0 Å². The first-order valence-corrected chi connectivity index (χ1v) is 4.73. The van der Waals surface area contributed by atoms with Crippen LogP contribution in [0.15, 0.2) is 24.9 Å². The zero-order chi connectivity index (χ0) is 9.72. The Morgan fingerprint density at radius 2 is 2.08 bits per heavy atom. The average molecular weight is 185 g/mol. The molecule has 0 radical (unpaired) electrons. The van der Waals surface area contributed by atoms with E-state index >= 15 is 0 Å². The summed E-state index contributed by atoms with van der Waals surface area (Å²) < 4.78 is 0. The Labute approximate surface area is 81.6 Å². The molecule has 0 aromatic carbocycles. The fraction of sp³-hybridized carbons (Fsp3) is 0.600. The van der Waals surface area contributed by atoms with Gasteiger partial charge in [-0.2, -0.15) is 12.6 Å². The molecule has 0 heterocycles. The largest absolute Gasteiger partial charge is 0.375 e. The van der Waals surface area contributed by atoms with Crippen LogP contribution in [0, 0.1) is 0 Å². The summed E-state index contributed by atoms with van der Waals surface area (Å²) in [5.41, 5.74) is 1.06. The number of hydrogen-bond acceptors (Lipinski definition) is 2. The fourth-order valence-electron chi connectivity index (χ4n) is 0.861. The molecule has 70 valence electrons. The molecule has 0 saturated carbocycles. The van der Waals surface area contributed by atoms with E-state index < -0.39 is 0 Å². The molecule has 0 aromatic rings. The van der Waals surface area contributed by atoms with Gasteiger partial charge in [0.2, 0.25) is 0 Å². The number of rotatable bonds is 5. The topological polar surface area (TPSA) is 3.24 Å². The molecule has 0 spiro atoms. The van der Waals surface area contributed by atoms with Crippen molar-refractivity contribution in [2.75, 3.05) is 7.05 Å². The third kappa shape index (κ3) is 3.35. The van der Waals surface area contributed by atoms with Gasteiger partial charge >= 0.3 is 0 Å².